The molecule has 34 heavy (non-hydrogen) atoms. The summed E-state index contributed by atoms with van der Waals surface area (Å²) in [5.41, 5.74) is 2.05. The van der Waals surface area contributed by atoms with Gasteiger partial charge in [0.1, 0.15) is 24.0 Å². The number of carbonyl (C=O) groups excluding carboxylic acids is 1. The molecule has 4 rings (SSSR count). The number of amides is 1. The van der Waals surface area contributed by atoms with E-state index >= 15 is 0 Å². The van der Waals surface area contributed by atoms with Crippen molar-refractivity contribution in [2.24, 2.45) is 10.1 Å². The molecule has 1 N–H and O–H groups in total. The summed E-state index contributed by atoms with van der Waals surface area (Å²) in [5, 5.41) is 15.5. The molecule has 0 radical (unpaired) electrons. The highest BCUT2D eigenvalue weighted by Crippen LogP contribution is 2.32. The third-order valence-electron chi connectivity index (χ3n) is 5.01. The minimum Gasteiger partial charge on any atom is -0.490 e. The minimum atomic E-state index is -0.456. The fourth-order valence-electron chi connectivity index (χ4n) is 3.29. The molecular formula is C25H26N4O4S. The Morgan fingerprint density at radius 1 is 1.03 bits per heavy atom. The van der Waals surface area contributed by atoms with Crippen LogP contribution >= 0.6 is 11.8 Å². The second kappa shape index (κ2) is 10.6. The molecule has 0 atom stereocenters. The monoisotopic (exact) mass is 478 g/mol. The molecule has 0 spiro atoms. The number of hydrogen-bond acceptors (Lipinski definition) is 7. The average Bonchev–Trinajstić information content (AvgIpc) is 3.25. The van der Waals surface area contributed by atoms with Crippen LogP contribution in [0.1, 0.15) is 31.4 Å². The number of ether oxygens (including phenoxy) is 3. The molecule has 2 aromatic carbocycles. The molecule has 0 fully saturated rings. The molecule has 8 nitrogen and oxygen atoms in total. The Morgan fingerprint density at radius 2 is 1.79 bits per heavy atom. The number of hydrazone groups is 1. The van der Waals surface area contributed by atoms with Crippen molar-refractivity contribution in [3.8, 4) is 17.2 Å². The van der Waals surface area contributed by atoms with Gasteiger partial charge in [-0.05, 0) is 67.9 Å². The van der Waals surface area contributed by atoms with E-state index in [0.717, 1.165) is 17.2 Å². The number of rotatable bonds is 9. The highest BCUT2D eigenvalue weighted by molar-refractivity contribution is 8.26. The van der Waals surface area contributed by atoms with Crippen molar-refractivity contribution in [2.45, 2.75) is 27.2 Å². The molecule has 2 heterocycles. The average molecular weight is 479 g/mol. The maximum Gasteiger partial charge on any atom is 0.283 e. The van der Waals surface area contributed by atoms with Crippen molar-refractivity contribution in [1.29, 1.82) is 5.41 Å². The van der Waals surface area contributed by atoms with Gasteiger partial charge in [0.2, 0.25) is 5.17 Å². The second-order valence-corrected chi connectivity index (χ2v) is 8.56. The Hall–Kier alpha value is -3.59. The lowest BCUT2D eigenvalue weighted by Gasteiger charge is -2.20. The molecule has 176 valence electrons. The second-order valence-electron chi connectivity index (χ2n) is 7.52. The van der Waals surface area contributed by atoms with Crippen molar-refractivity contribution >= 4 is 39.8 Å². The minimum absolute atomic E-state index is 0.0116. The van der Waals surface area contributed by atoms with Crippen LogP contribution in [0.3, 0.4) is 0 Å². The van der Waals surface area contributed by atoms with Crippen LogP contribution in [-0.4, -0.2) is 46.8 Å². The topological polar surface area (TPSA) is 96.6 Å². The molecule has 0 saturated carbocycles. The van der Waals surface area contributed by atoms with Crippen LogP contribution < -0.4 is 14.2 Å². The van der Waals surface area contributed by atoms with Crippen LogP contribution in [0.15, 0.2) is 58.1 Å². The van der Waals surface area contributed by atoms with Crippen LogP contribution in [0.5, 0.6) is 17.2 Å². The number of aliphatic imine (C=N–C) groups is 1. The largest absolute Gasteiger partial charge is 0.490 e. The summed E-state index contributed by atoms with van der Waals surface area (Å²) in [6.07, 6.45) is 2.35. The van der Waals surface area contributed by atoms with Crippen LogP contribution in [-0.2, 0) is 4.79 Å². The van der Waals surface area contributed by atoms with E-state index in [0.29, 0.717) is 42.1 Å². The Labute approximate surface area is 202 Å². The summed E-state index contributed by atoms with van der Waals surface area (Å²) in [6.45, 7) is 7.08. The van der Waals surface area contributed by atoms with E-state index < -0.39 is 5.91 Å². The summed E-state index contributed by atoms with van der Waals surface area (Å²) in [7, 11) is 0. The number of thioether (sulfide) groups is 1. The first kappa shape index (κ1) is 23.6. The van der Waals surface area contributed by atoms with Crippen molar-refractivity contribution in [1.82, 2.24) is 5.01 Å². The van der Waals surface area contributed by atoms with Gasteiger partial charge in [0.05, 0.1) is 12.2 Å². The maximum atomic E-state index is 12.6. The highest BCUT2D eigenvalue weighted by atomic mass is 32.2. The van der Waals surface area contributed by atoms with Gasteiger partial charge in [0.15, 0.2) is 17.3 Å². The summed E-state index contributed by atoms with van der Waals surface area (Å²) in [6, 6.07) is 13.2. The van der Waals surface area contributed by atoms with Gasteiger partial charge < -0.3 is 14.2 Å². The lowest BCUT2D eigenvalue weighted by Crippen LogP contribution is -2.35. The molecule has 1 amide bonds. The van der Waals surface area contributed by atoms with Gasteiger partial charge in [-0.25, -0.2) is 0 Å². The normalized spacial score (nSPS) is 16.3. The Bertz CT molecular complexity index is 1190. The molecule has 0 aromatic heterocycles. The highest BCUT2D eigenvalue weighted by Gasteiger charge is 2.35. The van der Waals surface area contributed by atoms with Crippen LogP contribution in [0.2, 0.25) is 0 Å². The van der Waals surface area contributed by atoms with Crippen LogP contribution in [0.25, 0.3) is 6.08 Å². The quantitative estimate of drug-likeness (QED) is 0.408. The molecule has 0 saturated heterocycles. The zero-order valence-corrected chi connectivity index (χ0v) is 20.1. The zero-order chi connectivity index (χ0) is 24.1. The van der Waals surface area contributed by atoms with Gasteiger partial charge >= 0.3 is 0 Å². The zero-order valence-electron chi connectivity index (χ0n) is 19.3. The number of nitrogens with zero attached hydrogens (tertiary/aromatic N) is 3. The molecule has 2 aliphatic heterocycles. The first-order valence-corrected chi connectivity index (χ1v) is 11.9. The van der Waals surface area contributed by atoms with E-state index in [9.17, 15) is 4.79 Å². The van der Waals surface area contributed by atoms with Crippen molar-refractivity contribution < 1.29 is 19.0 Å². The SMILES string of the molecule is CCOc1cc(/C=C2\C(=N)N3N=C(CC)SC3=NC2=O)ccc1OCCOc1ccc(C)cc1. The third kappa shape index (κ3) is 5.31. The number of carbonyl (C=O) groups is 1. The van der Waals surface area contributed by atoms with Gasteiger partial charge in [-0.3, -0.25) is 10.2 Å². The molecule has 0 unspecified atom stereocenters. The summed E-state index contributed by atoms with van der Waals surface area (Å²) in [5.74, 6) is 1.47. The van der Waals surface area contributed by atoms with Gasteiger partial charge in [-0.15, -0.1) is 0 Å². The number of benzene rings is 2. The molecule has 0 bridgehead atoms. The lowest BCUT2D eigenvalue weighted by molar-refractivity contribution is -0.114. The van der Waals surface area contributed by atoms with E-state index in [-0.39, 0.29) is 11.4 Å². The molecule has 2 aromatic rings. The number of amidine groups is 2. The summed E-state index contributed by atoms with van der Waals surface area (Å²) >= 11 is 1.32. The molecule has 0 aliphatic carbocycles. The number of hydrogen-bond donors (Lipinski definition) is 1. The Morgan fingerprint density at radius 3 is 2.53 bits per heavy atom. The van der Waals surface area contributed by atoms with Gasteiger partial charge in [-0.2, -0.15) is 15.1 Å². The maximum absolute atomic E-state index is 12.6. The van der Waals surface area contributed by atoms with Gasteiger partial charge in [0.25, 0.3) is 5.91 Å². The van der Waals surface area contributed by atoms with Gasteiger partial charge in [-0.1, -0.05) is 30.7 Å². The number of aryl methyl sites for hydroxylation is 1. The number of fused-ring (bicyclic) bond motifs is 1. The van der Waals surface area contributed by atoms with Crippen LogP contribution in [0.4, 0.5) is 0 Å². The fourth-order valence-corrected chi connectivity index (χ4v) is 4.11. The smallest absolute Gasteiger partial charge is 0.283 e. The lowest BCUT2D eigenvalue weighted by atomic mass is 10.1. The predicted octanol–water partition coefficient (Wildman–Crippen LogP) is 4.88. The van der Waals surface area contributed by atoms with Crippen LogP contribution in [0, 0.1) is 12.3 Å². The first-order valence-electron chi connectivity index (χ1n) is 11.1. The standard InChI is InChI=1S/C25H26N4O4S/c1-4-22-28-29-23(26)19(24(30)27-25(29)34-22)14-17-8-11-20(21(15-17)31-5-2)33-13-12-32-18-9-6-16(3)7-10-18/h6-11,14-15,26H,4-5,12-13H2,1-3H3/b19-14+,26-23?. The fraction of sp³-hybridized carbons (Fsp3) is 0.280. The Kier molecular flexibility index (Phi) is 7.32. The molecular weight excluding hydrogens is 452 g/mol. The van der Waals surface area contributed by atoms with E-state index in [4.69, 9.17) is 19.6 Å². The Balaban J connectivity index is 1.46. The third-order valence-corrected chi connectivity index (χ3v) is 6.06. The van der Waals surface area contributed by atoms with Crippen molar-refractivity contribution in [2.75, 3.05) is 19.8 Å². The molecule has 2 aliphatic rings. The van der Waals surface area contributed by atoms with Gasteiger partial charge in [0, 0.05) is 0 Å². The number of nitrogens with one attached hydrogen (secondary N) is 1. The molecule has 9 heteroatoms. The van der Waals surface area contributed by atoms with Crippen molar-refractivity contribution in [3.63, 3.8) is 0 Å². The van der Waals surface area contributed by atoms with Crippen molar-refractivity contribution in [3.05, 3.63) is 59.2 Å². The first-order chi connectivity index (χ1) is 16.5. The predicted molar refractivity (Wildman–Crippen MR) is 135 cm³/mol. The van der Waals surface area contributed by atoms with E-state index in [2.05, 4.69) is 10.1 Å². The van der Waals surface area contributed by atoms with E-state index in [1.165, 1.54) is 22.3 Å². The van der Waals surface area contributed by atoms with E-state index in [1.807, 2.05) is 51.1 Å². The van der Waals surface area contributed by atoms with E-state index in [1.54, 1.807) is 18.2 Å². The summed E-state index contributed by atoms with van der Waals surface area (Å²) < 4.78 is 17.3. The summed E-state index contributed by atoms with van der Waals surface area (Å²) in [4.78, 5) is 16.7.